The van der Waals surface area contributed by atoms with Crippen LogP contribution < -0.4 is 5.32 Å². The Morgan fingerprint density at radius 2 is 2.00 bits per heavy atom. The zero-order chi connectivity index (χ0) is 11.4. The van der Waals surface area contributed by atoms with Crippen molar-refractivity contribution in [3.8, 4) is 0 Å². The summed E-state index contributed by atoms with van der Waals surface area (Å²) in [6.07, 6.45) is 2.74. The Labute approximate surface area is 90.0 Å². The maximum Gasteiger partial charge on any atom is 0.306 e. The van der Waals surface area contributed by atoms with Crippen LogP contribution in [0.1, 0.15) is 39.5 Å². The van der Waals surface area contributed by atoms with E-state index in [2.05, 4.69) is 5.32 Å². The molecule has 0 aliphatic heterocycles. The Morgan fingerprint density at radius 1 is 1.40 bits per heavy atom. The van der Waals surface area contributed by atoms with Gasteiger partial charge in [0.2, 0.25) is 5.91 Å². The van der Waals surface area contributed by atoms with Crippen LogP contribution in [0.5, 0.6) is 0 Å². The predicted molar refractivity (Wildman–Crippen MR) is 56.4 cm³/mol. The first-order valence-electron chi connectivity index (χ1n) is 5.57. The van der Waals surface area contributed by atoms with Crippen molar-refractivity contribution in [3.05, 3.63) is 0 Å². The second-order valence-corrected chi connectivity index (χ2v) is 4.36. The third kappa shape index (κ3) is 3.22. The van der Waals surface area contributed by atoms with Gasteiger partial charge < -0.3 is 10.4 Å². The lowest BCUT2D eigenvalue weighted by Crippen LogP contribution is -2.36. The van der Waals surface area contributed by atoms with Gasteiger partial charge >= 0.3 is 5.97 Å². The number of carbonyl (C=O) groups excluding carboxylic acids is 1. The van der Waals surface area contributed by atoms with E-state index in [9.17, 15) is 9.59 Å². The zero-order valence-corrected chi connectivity index (χ0v) is 9.32. The lowest BCUT2D eigenvalue weighted by Gasteiger charge is -2.15. The summed E-state index contributed by atoms with van der Waals surface area (Å²) in [4.78, 5) is 22.4. The van der Waals surface area contributed by atoms with Crippen LogP contribution in [-0.4, -0.2) is 23.0 Å². The van der Waals surface area contributed by atoms with Crippen molar-refractivity contribution in [3.63, 3.8) is 0 Å². The van der Waals surface area contributed by atoms with Crippen molar-refractivity contribution in [1.82, 2.24) is 5.32 Å². The van der Waals surface area contributed by atoms with Crippen molar-refractivity contribution in [2.24, 2.45) is 11.8 Å². The molecule has 0 radical (unpaired) electrons. The Balaban J connectivity index is 2.40. The molecule has 3 atom stereocenters. The summed E-state index contributed by atoms with van der Waals surface area (Å²) in [6, 6.07) is 0.182. The number of nitrogens with one attached hydrogen (secondary N) is 1. The fraction of sp³-hybridized carbons (Fsp3) is 0.818. The molecule has 0 saturated heterocycles. The van der Waals surface area contributed by atoms with Crippen LogP contribution >= 0.6 is 0 Å². The molecule has 1 saturated carbocycles. The Bertz CT molecular complexity index is 252. The number of carboxylic acids is 1. The fourth-order valence-electron chi connectivity index (χ4n) is 1.91. The van der Waals surface area contributed by atoms with Crippen molar-refractivity contribution < 1.29 is 14.7 Å². The summed E-state index contributed by atoms with van der Waals surface area (Å²) in [6.45, 7) is 3.97. The largest absolute Gasteiger partial charge is 0.481 e. The number of hydrogen-bond donors (Lipinski definition) is 2. The Hall–Kier alpha value is -1.06. The second-order valence-electron chi connectivity index (χ2n) is 4.36. The van der Waals surface area contributed by atoms with Gasteiger partial charge in [0.25, 0.3) is 0 Å². The number of aliphatic carboxylic acids is 1. The minimum atomic E-state index is -0.770. The van der Waals surface area contributed by atoms with Crippen molar-refractivity contribution in [2.75, 3.05) is 0 Å². The third-order valence-electron chi connectivity index (χ3n) is 3.15. The minimum absolute atomic E-state index is 0.0214. The average Bonchev–Trinajstić information content (AvgIpc) is 2.66. The molecule has 15 heavy (non-hydrogen) atoms. The highest BCUT2D eigenvalue weighted by Crippen LogP contribution is 2.31. The molecule has 0 bridgehead atoms. The molecule has 0 aromatic heterocycles. The van der Waals surface area contributed by atoms with Crippen LogP contribution in [-0.2, 0) is 9.59 Å². The van der Waals surface area contributed by atoms with Gasteiger partial charge in [-0.15, -0.1) is 0 Å². The smallest absolute Gasteiger partial charge is 0.306 e. The van der Waals surface area contributed by atoms with E-state index in [0.29, 0.717) is 19.3 Å². The number of rotatable bonds is 4. The molecule has 1 fully saturated rings. The highest BCUT2D eigenvalue weighted by atomic mass is 16.4. The SMILES string of the molecule is CCC(C)NC(=O)[C@@H]1CC[C@H](C(=O)O)C1. The van der Waals surface area contributed by atoms with E-state index in [0.717, 1.165) is 6.42 Å². The van der Waals surface area contributed by atoms with E-state index in [-0.39, 0.29) is 23.8 Å². The molecule has 0 aromatic carbocycles. The zero-order valence-electron chi connectivity index (χ0n) is 9.32. The first-order chi connectivity index (χ1) is 7.04. The molecule has 1 aliphatic carbocycles. The third-order valence-corrected chi connectivity index (χ3v) is 3.15. The van der Waals surface area contributed by atoms with E-state index in [1.165, 1.54) is 0 Å². The standard InChI is InChI=1S/C11H19NO3/c1-3-7(2)12-10(13)8-4-5-9(6-8)11(14)15/h7-9H,3-6H2,1-2H3,(H,12,13)(H,14,15)/t7?,8-,9+/m1/s1. The molecule has 4 heteroatoms. The second kappa shape index (κ2) is 5.14. The fourth-order valence-corrected chi connectivity index (χ4v) is 1.91. The van der Waals surface area contributed by atoms with Gasteiger partial charge in [-0.2, -0.15) is 0 Å². The topological polar surface area (TPSA) is 66.4 Å². The lowest BCUT2D eigenvalue weighted by molar-refractivity contribution is -0.141. The summed E-state index contributed by atoms with van der Waals surface area (Å²) < 4.78 is 0. The minimum Gasteiger partial charge on any atom is -0.481 e. The lowest BCUT2D eigenvalue weighted by atomic mass is 10.0. The number of amides is 1. The molecule has 1 unspecified atom stereocenters. The maximum atomic E-state index is 11.7. The van der Waals surface area contributed by atoms with Gasteiger partial charge in [0.1, 0.15) is 0 Å². The summed E-state index contributed by atoms with van der Waals surface area (Å²) >= 11 is 0. The normalized spacial score (nSPS) is 27.3. The first-order valence-corrected chi connectivity index (χ1v) is 5.57. The molecule has 1 aliphatic rings. The molecular weight excluding hydrogens is 194 g/mol. The van der Waals surface area contributed by atoms with Crippen LogP contribution in [0.25, 0.3) is 0 Å². The average molecular weight is 213 g/mol. The van der Waals surface area contributed by atoms with Crippen LogP contribution in [0.3, 0.4) is 0 Å². The summed E-state index contributed by atoms with van der Waals surface area (Å²) in [5.74, 6) is -1.17. The van der Waals surface area contributed by atoms with Crippen LogP contribution in [0.15, 0.2) is 0 Å². The highest BCUT2D eigenvalue weighted by molar-refractivity contribution is 5.81. The van der Waals surface area contributed by atoms with Gasteiger partial charge in [-0.05, 0) is 32.6 Å². The summed E-state index contributed by atoms with van der Waals surface area (Å²) in [5.41, 5.74) is 0. The van der Waals surface area contributed by atoms with Gasteiger partial charge in [0, 0.05) is 12.0 Å². The van der Waals surface area contributed by atoms with E-state index < -0.39 is 5.97 Å². The van der Waals surface area contributed by atoms with Crippen molar-refractivity contribution in [1.29, 1.82) is 0 Å². The number of hydrogen-bond acceptors (Lipinski definition) is 2. The van der Waals surface area contributed by atoms with Crippen molar-refractivity contribution in [2.45, 2.75) is 45.6 Å². The molecule has 4 nitrogen and oxygen atoms in total. The maximum absolute atomic E-state index is 11.7. The molecule has 0 aromatic rings. The molecular formula is C11H19NO3. The molecule has 0 spiro atoms. The highest BCUT2D eigenvalue weighted by Gasteiger charge is 2.33. The predicted octanol–water partition coefficient (Wildman–Crippen LogP) is 1.40. The summed E-state index contributed by atoms with van der Waals surface area (Å²) in [5, 5.41) is 11.7. The molecule has 86 valence electrons. The first kappa shape index (κ1) is 12.0. The molecule has 2 N–H and O–H groups in total. The molecule has 0 heterocycles. The van der Waals surface area contributed by atoms with E-state index >= 15 is 0 Å². The van der Waals surface area contributed by atoms with Gasteiger partial charge in [-0.3, -0.25) is 9.59 Å². The Morgan fingerprint density at radius 3 is 2.47 bits per heavy atom. The quantitative estimate of drug-likeness (QED) is 0.741. The number of carbonyl (C=O) groups is 2. The van der Waals surface area contributed by atoms with Crippen molar-refractivity contribution >= 4 is 11.9 Å². The summed E-state index contributed by atoms with van der Waals surface area (Å²) in [7, 11) is 0. The van der Waals surface area contributed by atoms with Gasteiger partial charge in [0.15, 0.2) is 0 Å². The molecule has 1 amide bonds. The van der Waals surface area contributed by atoms with E-state index in [1.54, 1.807) is 0 Å². The van der Waals surface area contributed by atoms with Crippen LogP contribution in [0.2, 0.25) is 0 Å². The Kier molecular flexibility index (Phi) is 4.12. The van der Waals surface area contributed by atoms with Crippen LogP contribution in [0.4, 0.5) is 0 Å². The number of carboxylic acid groups (broad SMARTS) is 1. The van der Waals surface area contributed by atoms with Gasteiger partial charge in [0.05, 0.1) is 5.92 Å². The molecule has 1 rings (SSSR count). The van der Waals surface area contributed by atoms with Crippen LogP contribution in [0, 0.1) is 11.8 Å². The van der Waals surface area contributed by atoms with Gasteiger partial charge in [-0.1, -0.05) is 6.92 Å². The van der Waals surface area contributed by atoms with E-state index in [4.69, 9.17) is 5.11 Å². The van der Waals surface area contributed by atoms with Gasteiger partial charge in [-0.25, -0.2) is 0 Å². The van der Waals surface area contributed by atoms with E-state index in [1.807, 2.05) is 13.8 Å². The monoisotopic (exact) mass is 213 g/mol.